The van der Waals surface area contributed by atoms with E-state index >= 15 is 0 Å². The van der Waals surface area contributed by atoms with E-state index in [1.54, 1.807) is 12.1 Å². The lowest BCUT2D eigenvalue weighted by Crippen LogP contribution is -2.13. The van der Waals surface area contributed by atoms with Crippen LogP contribution in [0.15, 0.2) is 83.1 Å². The molecular formula is C25H20FN3O2S2. The molecule has 2 N–H and O–H groups in total. The second-order valence-corrected chi connectivity index (χ2v) is 9.13. The Labute approximate surface area is 199 Å². The number of amides is 2. The number of aryl methyl sites for hydroxylation is 1. The third-order valence-electron chi connectivity index (χ3n) is 4.69. The van der Waals surface area contributed by atoms with Gasteiger partial charge in [0.1, 0.15) is 5.82 Å². The molecule has 0 atom stereocenters. The van der Waals surface area contributed by atoms with Gasteiger partial charge in [0, 0.05) is 27.1 Å². The van der Waals surface area contributed by atoms with Gasteiger partial charge < -0.3 is 10.6 Å². The molecule has 0 fully saturated rings. The summed E-state index contributed by atoms with van der Waals surface area (Å²) in [6.07, 6.45) is 0. The molecule has 8 heteroatoms. The predicted molar refractivity (Wildman–Crippen MR) is 132 cm³/mol. The highest BCUT2D eigenvalue weighted by atomic mass is 32.2. The molecule has 0 aliphatic carbocycles. The topological polar surface area (TPSA) is 71.1 Å². The van der Waals surface area contributed by atoms with Crippen molar-refractivity contribution < 1.29 is 14.0 Å². The highest BCUT2D eigenvalue weighted by Crippen LogP contribution is 2.26. The first-order valence-electron chi connectivity index (χ1n) is 10.1. The van der Waals surface area contributed by atoms with E-state index in [0.29, 0.717) is 16.4 Å². The maximum atomic E-state index is 13.0. The summed E-state index contributed by atoms with van der Waals surface area (Å²) in [4.78, 5) is 29.9. The van der Waals surface area contributed by atoms with Crippen LogP contribution in [0.4, 0.5) is 15.2 Å². The van der Waals surface area contributed by atoms with E-state index in [1.807, 2.05) is 48.7 Å². The van der Waals surface area contributed by atoms with Gasteiger partial charge in [-0.05, 0) is 55.5 Å². The Bertz CT molecular complexity index is 1250. The van der Waals surface area contributed by atoms with Gasteiger partial charge in [-0.15, -0.1) is 23.1 Å². The fourth-order valence-corrected chi connectivity index (χ4v) is 4.37. The number of hydrogen-bond acceptors (Lipinski definition) is 5. The Balaban J connectivity index is 1.27. The zero-order chi connectivity index (χ0) is 23.2. The van der Waals surface area contributed by atoms with Gasteiger partial charge in [0.25, 0.3) is 5.91 Å². The maximum Gasteiger partial charge on any atom is 0.255 e. The average molecular weight is 478 g/mol. The molecule has 2 amide bonds. The lowest BCUT2D eigenvalue weighted by molar-refractivity contribution is -0.113. The Morgan fingerprint density at radius 3 is 2.33 bits per heavy atom. The Morgan fingerprint density at radius 1 is 0.939 bits per heavy atom. The van der Waals surface area contributed by atoms with Crippen LogP contribution in [-0.2, 0) is 4.79 Å². The molecule has 0 bridgehead atoms. The SMILES string of the molecule is Cc1ccc(-c2csc(NC(=O)CSc3ccc(NC(=O)c4ccc(F)cc4)cc3)n2)cc1. The molecule has 0 saturated carbocycles. The standard InChI is InChI=1S/C25H20FN3O2S2/c1-16-2-4-17(5-3-16)22-14-33-25(28-22)29-23(30)15-32-21-12-10-20(11-13-21)27-24(31)18-6-8-19(26)9-7-18/h2-14H,15H2,1H3,(H,27,31)(H,28,29,30). The molecule has 33 heavy (non-hydrogen) atoms. The summed E-state index contributed by atoms with van der Waals surface area (Å²) in [5.41, 5.74) is 4.02. The molecule has 0 unspecified atom stereocenters. The van der Waals surface area contributed by atoms with Gasteiger partial charge in [-0.2, -0.15) is 0 Å². The highest BCUT2D eigenvalue weighted by Gasteiger charge is 2.10. The molecule has 1 heterocycles. The third-order valence-corrected chi connectivity index (χ3v) is 6.46. The molecule has 166 valence electrons. The lowest BCUT2D eigenvalue weighted by atomic mass is 10.1. The molecule has 0 radical (unpaired) electrons. The summed E-state index contributed by atoms with van der Waals surface area (Å²) < 4.78 is 13.0. The number of nitrogens with one attached hydrogen (secondary N) is 2. The molecule has 4 rings (SSSR count). The van der Waals surface area contributed by atoms with Gasteiger partial charge in [0.15, 0.2) is 5.13 Å². The van der Waals surface area contributed by atoms with Gasteiger partial charge in [-0.3, -0.25) is 9.59 Å². The summed E-state index contributed by atoms with van der Waals surface area (Å²) in [5.74, 6) is -0.610. The molecule has 4 aromatic rings. The van der Waals surface area contributed by atoms with Gasteiger partial charge in [0.2, 0.25) is 5.91 Å². The number of carbonyl (C=O) groups excluding carboxylic acids is 2. The van der Waals surface area contributed by atoms with Crippen LogP contribution < -0.4 is 10.6 Å². The van der Waals surface area contributed by atoms with Crippen LogP contribution in [0.2, 0.25) is 0 Å². The van der Waals surface area contributed by atoms with E-state index in [1.165, 1.54) is 52.9 Å². The number of rotatable bonds is 7. The number of carbonyl (C=O) groups is 2. The van der Waals surface area contributed by atoms with Crippen LogP contribution >= 0.6 is 23.1 Å². The first-order chi connectivity index (χ1) is 16.0. The minimum absolute atomic E-state index is 0.140. The number of aromatic nitrogens is 1. The monoisotopic (exact) mass is 477 g/mol. The lowest BCUT2D eigenvalue weighted by Gasteiger charge is -2.07. The van der Waals surface area contributed by atoms with E-state index in [-0.39, 0.29) is 17.6 Å². The molecule has 0 saturated heterocycles. The number of nitrogens with zero attached hydrogens (tertiary/aromatic N) is 1. The fourth-order valence-electron chi connectivity index (χ4n) is 2.93. The number of halogens is 1. The van der Waals surface area contributed by atoms with Gasteiger partial charge in [-0.1, -0.05) is 29.8 Å². The Morgan fingerprint density at radius 2 is 1.64 bits per heavy atom. The Hall–Kier alpha value is -3.49. The summed E-state index contributed by atoms with van der Waals surface area (Å²) in [6, 6.07) is 20.6. The molecule has 1 aromatic heterocycles. The molecule has 5 nitrogen and oxygen atoms in total. The van der Waals surface area contributed by atoms with Crippen LogP contribution in [0, 0.1) is 12.7 Å². The zero-order valence-corrected chi connectivity index (χ0v) is 19.3. The summed E-state index contributed by atoms with van der Waals surface area (Å²) in [6.45, 7) is 2.03. The maximum absolute atomic E-state index is 13.0. The second kappa shape index (κ2) is 10.4. The van der Waals surface area contributed by atoms with E-state index < -0.39 is 5.82 Å². The van der Waals surface area contributed by atoms with Crippen LogP contribution in [0.25, 0.3) is 11.3 Å². The quantitative estimate of drug-likeness (QED) is 0.309. The predicted octanol–water partition coefficient (Wildman–Crippen LogP) is 6.24. The first-order valence-corrected chi connectivity index (χ1v) is 11.9. The molecule has 0 aliphatic rings. The summed E-state index contributed by atoms with van der Waals surface area (Å²) in [7, 11) is 0. The van der Waals surface area contributed by atoms with Crippen molar-refractivity contribution in [2.75, 3.05) is 16.4 Å². The minimum Gasteiger partial charge on any atom is -0.322 e. The van der Waals surface area contributed by atoms with Crippen molar-refractivity contribution in [1.82, 2.24) is 4.98 Å². The largest absolute Gasteiger partial charge is 0.322 e. The van der Waals surface area contributed by atoms with E-state index in [4.69, 9.17) is 0 Å². The van der Waals surface area contributed by atoms with Crippen LogP contribution in [0.5, 0.6) is 0 Å². The zero-order valence-electron chi connectivity index (χ0n) is 17.7. The minimum atomic E-state index is -0.390. The van der Waals surface area contributed by atoms with Crippen molar-refractivity contribution in [2.45, 2.75) is 11.8 Å². The van der Waals surface area contributed by atoms with Crippen molar-refractivity contribution in [1.29, 1.82) is 0 Å². The molecule has 0 aliphatic heterocycles. The van der Waals surface area contributed by atoms with Crippen LogP contribution in [-0.4, -0.2) is 22.6 Å². The first kappa shape index (κ1) is 22.7. The van der Waals surface area contributed by atoms with Gasteiger partial charge >= 0.3 is 0 Å². The number of anilines is 2. The van der Waals surface area contributed by atoms with Crippen LogP contribution in [0.1, 0.15) is 15.9 Å². The average Bonchev–Trinajstić information content (AvgIpc) is 3.28. The number of thioether (sulfide) groups is 1. The van der Waals surface area contributed by atoms with Crippen molar-refractivity contribution in [3.8, 4) is 11.3 Å². The van der Waals surface area contributed by atoms with E-state index in [9.17, 15) is 14.0 Å². The number of thiazole rings is 1. The third kappa shape index (κ3) is 6.27. The molecule has 0 spiro atoms. The van der Waals surface area contributed by atoms with Crippen molar-refractivity contribution >= 4 is 45.7 Å². The normalized spacial score (nSPS) is 10.6. The Kier molecular flexibility index (Phi) is 7.16. The number of benzene rings is 3. The highest BCUT2D eigenvalue weighted by molar-refractivity contribution is 8.00. The van der Waals surface area contributed by atoms with Crippen LogP contribution in [0.3, 0.4) is 0 Å². The van der Waals surface area contributed by atoms with Crippen molar-refractivity contribution in [3.05, 3.63) is 95.1 Å². The van der Waals surface area contributed by atoms with Gasteiger partial charge in [-0.25, -0.2) is 9.37 Å². The molecular weight excluding hydrogens is 457 g/mol. The molecule has 3 aromatic carbocycles. The number of hydrogen-bond donors (Lipinski definition) is 2. The summed E-state index contributed by atoms with van der Waals surface area (Å²) in [5, 5.41) is 8.09. The van der Waals surface area contributed by atoms with Crippen molar-refractivity contribution in [3.63, 3.8) is 0 Å². The van der Waals surface area contributed by atoms with E-state index in [0.717, 1.165) is 16.2 Å². The van der Waals surface area contributed by atoms with Crippen molar-refractivity contribution in [2.24, 2.45) is 0 Å². The van der Waals surface area contributed by atoms with Gasteiger partial charge in [0.05, 0.1) is 11.4 Å². The fraction of sp³-hybridized carbons (Fsp3) is 0.0800. The second-order valence-electron chi connectivity index (χ2n) is 7.23. The smallest absolute Gasteiger partial charge is 0.255 e. The van der Waals surface area contributed by atoms with E-state index in [2.05, 4.69) is 15.6 Å². The summed E-state index contributed by atoms with van der Waals surface area (Å²) >= 11 is 2.78.